The molecule has 0 aromatic heterocycles. The second-order valence-corrected chi connectivity index (χ2v) is 8.03. The van der Waals surface area contributed by atoms with Gasteiger partial charge in [0.05, 0.1) is 6.61 Å². The molecular formula is C18H28O6. The molecule has 0 amide bonds. The lowest BCUT2D eigenvalue weighted by molar-refractivity contribution is -0.254. The van der Waals surface area contributed by atoms with E-state index >= 15 is 0 Å². The second-order valence-electron chi connectivity index (χ2n) is 8.03. The van der Waals surface area contributed by atoms with Crippen LogP contribution in [0.15, 0.2) is 0 Å². The predicted octanol–water partition coefficient (Wildman–Crippen LogP) is 2.22. The smallest absolute Gasteiger partial charge is 0.190 e. The summed E-state index contributed by atoms with van der Waals surface area (Å²) < 4.78 is 31.4. The van der Waals surface area contributed by atoms with Crippen LogP contribution >= 0.6 is 0 Å². The Kier molecular flexibility index (Phi) is 3.92. The van der Waals surface area contributed by atoms with Crippen LogP contribution in [-0.2, 0) is 23.7 Å². The molecule has 0 aromatic rings. The molecule has 5 fully saturated rings. The fourth-order valence-electron chi connectivity index (χ4n) is 5.19. The van der Waals surface area contributed by atoms with Crippen molar-refractivity contribution < 1.29 is 28.8 Å². The normalized spacial score (nSPS) is 46.1. The third-order valence-corrected chi connectivity index (χ3v) is 6.39. The highest BCUT2D eigenvalue weighted by molar-refractivity contribution is 5.02. The molecule has 2 saturated carbocycles. The maximum absolute atomic E-state index is 9.79. The lowest BCUT2D eigenvalue weighted by atomic mass is 9.94. The zero-order chi connectivity index (χ0) is 16.2. The Balaban J connectivity index is 1.40. The maximum atomic E-state index is 9.79. The highest BCUT2D eigenvalue weighted by Gasteiger charge is 2.63. The molecule has 5 atom stereocenters. The van der Waals surface area contributed by atoms with Crippen LogP contribution < -0.4 is 0 Å². The van der Waals surface area contributed by atoms with Gasteiger partial charge in [-0.2, -0.15) is 0 Å². The van der Waals surface area contributed by atoms with E-state index in [1.165, 1.54) is 12.8 Å². The van der Waals surface area contributed by atoms with E-state index in [1.54, 1.807) is 0 Å². The Hall–Kier alpha value is -0.240. The summed E-state index contributed by atoms with van der Waals surface area (Å²) in [5, 5.41) is 9.79. The third kappa shape index (κ3) is 2.46. The lowest BCUT2D eigenvalue weighted by Crippen LogP contribution is -2.56. The van der Waals surface area contributed by atoms with Crippen molar-refractivity contribution >= 4 is 0 Å². The first-order valence-electron chi connectivity index (χ1n) is 9.70. The molecule has 5 aliphatic rings. The average molecular weight is 340 g/mol. The summed E-state index contributed by atoms with van der Waals surface area (Å²) in [7, 11) is 0. The number of aliphatic hydroxyl groups is 1. The molecule has 2 spiro atoms. The zero-order valence-electron chi connectivity index (χ0n) is 14.2. The van der Waals surface area contributed by atoms with E-state index in [-0.39, 0.29) is 24.9 Å². The minimum Gasteiger partial charge on any atom is -0.394 e. The summed E-state index contributed by atoms with van der Waals surface area (Å²) >= 11 is 0. The third-order valence-electron chi connectivity index (χ3n) is 6.39. The molecule has 3 aliphatic heterocycles. The van der Waals surface area contributed by atoms with E-state index in [9.17, 15) is 5.11 Å². The molecule has 136 valence electrons. The fraction of sp³-hybridized carbons (Fsp3) is 1.00. The SMILES string of the molecule is OC[C@@H]1O[C@H]2OC3(CCCCC3)O[C@@H]2[C@@H]2OC3(CCCCC3)O[C@H]21. The lowest BCUT2D eigenvalue weighted by Gasteiger charge is -2.36. The Morgan fingerprint density at radius 1 is 0.667 bits per heavy atom. The Morgan fingerprint density at radius 2 is 1.21 bits per heavy atom. The Bertz CT molecular complexity index is 470. The van der Waals surface area contributed by atoms with Gasteiger partial charge in [-0.15, -0.1) is 0 Å². The first-order chi connectivity index (χ1) is 11.7. The molecular weight excluding hydrogens is 312 g/mol. The van der Waals surface area contributed by atoms with Gasteiger partial charge in [0.1, 0.15) is 24.4 Å². The molecule has 0 unspecified atom stereocenters. The molecule has 0 aromatic carbocycles. The molecule has 0 radical (unpaired) electrons. The van der Waals surface area contributed by atoms with E-state index in [0.29, 0.717) is 0 Å². The number of ether oxygens (including phenoxy) is 5. The molecule has 0 bridgehead atoms. The minimum atomic E-state index is -0.520. The summed E-state index contributed by atoms with van der Waals surface area (Å²) in [6, 6.07) is 0. The first kappa shape index (κ1) is 16.0. The number of hydrogen-bond donors (Lipinski definition) is 1. The van der Waals surface area contributed by atoms with Gasteiger partial charge in [0.2, 0.25) is 0 Å². The number of fused-ring (bicyclic) bond motifs is 3. The van der Waals surface area contributed by atoms with Crippen molar-refractivity contribution in [3.8, 4) is 0 Å². The largest absolute Gasteiger partial charge is 0.394 e. The fourth-order valence-corrected chi connectivity index (χ4v) is 5.19. The van der Waals surface area contributed by atoms with E-state index < -0.39 is 24.0 Å². The van der Waals surface area contributed by atoms with Gasteiger partial charge in [-0.3, -0.25) is 0 Å². The Morgan fingerprint density at radius 3 is 1.83 bits per heavy atom. The van der Waals surface area contributed by atoms with Gasteiger partial charge in [-0.1, -0.05) is 12.8 Å². The van der Waals surface area contributed by atoms with Gasteiger partial charge < -0.3 is 28.8 Å². The second kappa shape index (κ2) is 5.89. The molecule has 6 heteroatoms. The molecule has 5 rings (SSSR count). The molecule has 3 saturated heterocycles. The van der Waals surface area contributed by atoms with Gasteiger partial charge in [0, 0.05) is 25.7 Å². The molecule has 24 heavy (non-hydrogen) atoms. The van der Waals surface area contributed by atoms with Crippen molar-refractivity contribution in [2.75, 3.05) is 6.61 Å². The average Bonchev–Trinajstić information content (AvgIpc) is 3.14. The van der Waals surface area contributed by atoms with Crippen LogP contribution in [0.1, 0.15) is 64.2 Å². The van der Waals surface area contributed by atoms with Crippen molar-refractivity contribution in [1.82, 2.24) is 0 Å². The number of rotatable bonds is 1. The van der Waals surface area contributed by atoms with Crippen LogP contribution in [0.25, 0.3) is 0 Å². The van der Waals surface area contributed by atoms with E-state index in [1.807, 2.05) is 0 Å². The molecule has 6 nitrogen and oxygen atoms in total. The standard InChI is InChI=1S/C18H28O6/c19-11-12-13-14(22-17(21-13)7-3-1-4-8-17)15-16(20-12)24-18(23-15)9-5-2-6-10-18/h12-16,19H,1-11H2/t12-,13-,14+,15+,16-/m0/s1. The van der Waals surface area contributed by atoms with Gasteiger partial charge >= 0.3 is 0 Å². The zero-order valence-corrected chi connectivity index (χ0v) is 14.2. The summed E-state index contributed by atoms with van der Waals surface area (Å²) in [6.45, 7) is -0.0831. The van der Waals surface area contributed by atoms with E-state index in [4.69, 9.17) is 23.7 Å². The Labute approximate surface area is 142 Å². The summed E-state index contributed by atoms with van der Waals surface area (Å²) in [5.74, 6) is -1.03. The number of aliphatic hydroxyl groups excluding tert-OH is 1. The van der Waals surface area contributed by atoms with Crippen molar-refractivity contribution in [3.63, 3.8) is 0 Å². The first-order valence-corrected chi connectivity index (χ1v) is 9.70. The van der Waals surface area contributed by atoms with Crippen LogP contribution in [0, 0.1) is 0 Å². The van der Waals surface area contributed by atoms with Gasteiger partial charge in [0.25, 0.3) is 0 Å². The van der Waals surface area contributed by atoms with Crippen molar-refractivity contribution in [2.45, 2.75) is 106 Å². The molecule has 1 N–H and O–H groups in total. The van der Waals surface area contributed by atoms with Gasteiger partial charge in [-0.25, -0.2) is 0 Å². The summed E-state index contributed by atoms with van der Waals surface area (Å²) in [5.41, 5.74) is 0. The number of hydrogen-bond acceptors (Lipinski definition) is 6. The van der Waals surface area contributed by atoms with Gasteiger partial charge in [0.15, 0.2) is 17.9 Å². The summed E-state index contributed by atoms with van der Waals surface area (Å²) in [4.78, 5) is 0. The van der Waals surface area contributed by atoms with Crippen LogP contribution in [0.2, 0.25) is 0 Å². The quantitative estimate of drug-likeness (QED) is 0.789. The molecule has 2 aliphatic carbocycles. The van der Waals surface area contributed by atoms with Gasteiger partial charge in [-0.05, 0) is 25.7 Å². The van der Waals surface area contributed by atoms with Crippen LogP contribution in [-0.4, -0.2) is 54.0 Å². The van der Waals surface area contributed by atoms with Crippen molar-refractivity contribution in [2.24, 2.45) is 0 Å². The van der Waals surface area contributed by atoms with Crippen molar-refractivity contribution in [3.05, 3.63) is 0 Å². The monoisotopic (exact) mass is 340 g/mol. The predicted molar refractivity (Wildman–Crippen MR) is 83.1 cm³/mol. The minimum absolute atomic E-state index is 0.0831. The topological polar surface area (TPSA) is 66.4 Å². The highest BCUT2D eigenvalue weighted by atomic mass is 16.9. The van der Waals surface area contributed by atoms with E-state index in [2.05, 4.69) is 0 Å². The van der Waals surface area contributed by atoms with Crippen LogP contribution in [0.4, 0.5) is 0 Å². The summed E-state index contributed by atoms with van der Waals surface area (Å²) in [6.07, 6.45) is 9.04. The van der Waals surface area contributed by atoms with Crippen molar-refractivity contribution in [1.29, 1.82) is 0 Å². The van der Waals surface area contributed by atoms with Crippen LogP contribution in [0.5, 0.6) is 0 Å². The maximum Gasteiger partial charge on any atom is 0.190 e. The molecule has 3 heterocycles. The highest BCUT2D eigenvalue weighted by Crippen LogP contribution is 2.50. The van der Waals surface area contributed by atoms with Crippen LogP contribution in [0.3, 0.4) is 0 Å². The van der Waals surface area contributed by atoms with E-state index in [0.717, 1.165) is 51.4 Å².